The average Bonchev–Trinajstić information content (AvgIpc) is 3.14. The zero-order chi connectivity index (χ0) is 12.1. The molecule has 0 unspecified atom stereocenters. The molecule has 0 aromatic carbocycles. The second-order valence-electron chi connectivity index (χ2n) is 4.87. The van der Waals surface area contributed by atoms with Gasteiger partial charge in [-0.1, -0.05) is 12.2 Å². The lowest BCUT2D eigenvalue weighted by Crippen LogP contribution is -2.35. The van der Waals surface area contributed by atoms with Crippen LogP contribution >= 0.6 is 0 Å². The summed E-state index contributed by atoms with van der Waals surface area (Å²) in [4.78, 5) is 0. The summed E-state index contributed by atoms with van der Waals surface area (Å²) in [6, 6.07) is 0.721. The third kappa shape index (κ3) is 4.41. The van der Waals surface area contributed by atoms with Gasteiger partial charge in [0.05, 0.1) is 5.75 Å². The van der Waals surface area contributed by atoms with E-state index in [1.165, 1.54) is 12.8 Å². The number of hydrogen-bond donors (Lipinski definition) is 1. The number of nitrogens with zero attached hydrogens (tertiary/aromatic N) is 1. The van der Waals surface area contributed by atoms with Crippen LogP contribution in [-0.2, 0) is 10.0 Å². The largest absolute Gasteiger partial charge is 0.314 e. The van der Waals surface area contributed by atoms with E-state index in [1.807, 2.05) is 12.2 Å². The van der Waals surface area contributed by atoms with E-state index in [0.29, 0.717) is 18.8 Å². The lowest BCUT2D eigenvalue weighted by Gasteiger charge is -2.22. The Labute approximate surface area is 104 Å². The van der Waals surface area contributed by atoms with Crippen LogP contribution in [0.25, 0.3) is 0 Å². The van der Waals surface area contributed by atoms with E-state index in [0.717, 1.165) is 31.8 Å². The van der Waals surface area contributed by atoms with Crippen molar-refractivity contribution < 1.29 is 8.42 Å². The van der Waals surface area contributed by atoms with Gasteiger partial charge in [0.15, 0.2) is 0 Å². The Bertz CT molecular complexity index is 361. The highest BCUT2D eigenvalue weighted by Crippen LogP contribution is 2.18. The molecule has 1 N–H and O–H groups in total. The first-order valence-electron chi connectivity index (χ1n) is 6.55. The van der Waals surface area contributed by atoms with Crippen LogP contribution in [0.1, 0.15) is 32.1 Å². The SMILES string of the molecule is O=S(=O)(CCCCNC1CC1)N1CC=CCC1. The fraction of sp³-hybridized carbons (Fsp3) is 0.833. The first-order chi connectivity index (χ1) is 8.18. The summed E-state index contributed by atoms with van der Waals surface area (Å²) in [6.07, 6.45) is 9.14. The molecule has 0 radical (unpaired) electrons. The molecule has 1 fully saturated rings. The minimum Gasteiger partial charge on any atom is -0.314 e. The molecule has 1 aliphatic heterocycles. The Morgan fingerprint density at radius 3 is 2.71 bits per heavy atom. The maximum absolute atomic E-state index is 12.0. The Morgan fingerprint density at radius 2 is 2.06 bits per heavy atom. The van der Waals surface area contributed by atoms with Crippen molar-refractivity contribution in [1.29, 1.82) is 0 Å². The quantitative estimate of drug-likeness (QED) is 0.550. The predicted octanol–water partition coefficient (Wildman–Crippen LogP) is 1.11. The fourth-order valence-electron chi connectivity index (χ4n) is 2.00. The normalized spacial score (nSPS) is 21.9. The average molecular weight is 258 g/mol. The van der Waals surface area contributed by atoms with Crippen LogP contribution in [0, 0.1) is 0 Å². The third-order valence-corrected chi connectivity index (χ3v) is 5.18. The lowest BCUT2D eigenvalue weighted by atomic mass is 10.3. The molecule has 2 aliphatic rings. The van der Waals surface area contributed by atoms with Gasteiger partial charge < -0.3 is 5.32 Å². The van der Waals surface area contributed by atoms with Crippen LogP contribution in [0.15, 0.2) is 12.2 Å². The number of hydrogen-bond acceptors (Lipinski definition) is 3. The van der Waals surface area contributed by atoms with E-state index in [4.69, 9.17) is 0 Å². The van der Waals surface area contributed by atoms with Crippen molar-refractivity contribution in [3.8, 4) is 0 Å². The number of unbranched alkanes of at least 4 members (excludes halogenated alkanes) is 1. The third-order valence-electron chi connectivity index (χ3n) is 3.25. The Hall–Kier alpha value is -0.390. The molecule has 17 heavy (non-hydrogen) atoms. The minimum absolute atomic E-state index is 0.299. The van der Waals surface area contributed by atoms with Gasteiger partial charge in [0.25, 0.3) is 0 Å². The van der Waals surface area contributed by atoms with Crippen molar-refractivity contribution in [1.82, 2.24) is 9.62 Å². The van der Waals surface area contributed by atoms with Gasteiger partial charge in [0.2, 0.25) is 10.0 Å². The first-order valence-corrected chi connectivity index (χ1v) is 8.15. The molecule has 0 amide bonds. The molecule has 0 saturated heterocycles. The van der Waals surface area contributed by atoms with Gasteiger partial charge in [-0.3, -0.25) is 0 Å². The topological polar surface area (TPSA) is 49.4 Å². The molecule has 2 rings (SSSR count). The zero-order valence-electron chi connectivity index (χ0n) is 10.3. The molecular formula is C12H22N2O2S. The summed E-state index contributed by atoms with van der Waals surface area (Å²) in [5, 5.41) is 3.40. The van der Waals surface area contributed by atoms with Crippen LogP contribution < -0.4 is 5.32 Å². The van der Waals surface area contributed by atoms with Gasteiger partial charge in [0.1, 0.15) is 0 Å². The molecule has 1 heterocycles. The van der Waals surface area contributed by atoms with Gasteiger partial charge in [-0.25, -0.2) is 8.42 Å². The van der Waals surface area contributed by atoms with Crippen LogP contribution in [-0.4, -0.2) is 44.2 Å². The smallest absolute Gasteiger partial charge is 0.214 e. The molecule has 5 heteroatoms. The summed E-state index contributed by atoms with van der Waals surface area (Å²) in [5.74, 6) is 0.299. The number of sulfonamides is 1. The van der Waals surface area contributed by atoms with E-state index in [-0.39, 0.29) is 0 Å². The van der Waals surface area contributed by atoms with Gasteiger partial charge in [0, 0.05) is 19.1 Å². The van der Waals surface area contributed by atoms with E-state index in [1.54, 1.807) is 4.31 Å². The summed E-state index contributed by atoms with van der Waals surface area (Å²) in [6.45, 7) is 2.17. The summed E-state index contributed by atoms with van der Waals surface area (Å²) in [7, 11) is -3.01. The molecular weight excluding hydrogens is 236 g/mol. The monoisotopic (exact) mass is 258 g/mol. The number of rotatable bonds is 7. The highest BCUT2D eigenvalue weighted by molar-refractivity contribution is 7.89. The Morgan fingerprint density at radius 1 is 1.24 bits per heavy atom. The van der Waals surface area contributed by atoms with Crippen molar-refractivity contribution in [3.63, 3.8) is 0 Å². The lowest BCUT2D eigenvalue weighted by molar-refractivity contribution is 0.435. The summed E-state index contributed by atoms with van der Waals surface area (Å²) in [5.41, 5.74) is 0. The molecule has 0 bridgehead atoms. The van der Waals surface area contributed by atoms with E-state index >= 15 is 0 Å². The van der Waals surface area contributed by atoms with Gasteiger partial charge in [-0.05, 0) is 38.6 Å². The van der Waals surface area contributed by atoms with Crippen molar-refractivity contribution in [2.45, 2.75) is 38.1 Å². The maximum Gasteiger partial charge on any atom is 0.214 e. The second kappa shape index (κ2) is 5.98. The van der Waals surface area contributed by atoms with E-state index < -0.39 is 10.0 Å². The maximum atomic E-state index is 12.0. The molecule has 98 valence electrons. The Kier molecular flexibility index (Phi) is 4.59. The van der Waals surface area contributed by atoms with Crippen LogP contribution in [0.2, 0.25) is 0 Å². The highest BCUT2D eigenvalue weighted by atomic mass is 32.2. The minimum atomic E-state index is -3.01. The molecule has 0 atom stereocenters. The fourth-order valence-corrected chi connectivity index (χ4v) is 3.53. The summed E-state index contributed by atoms with van der Waals surface area (Å²) >= 11 is 0. The van der Waals surface area contributed by atoms with E-state index in [2.05, 4.69) is 5.32 Å². The van der Waals surface area contributed by atoms with Crippen molar-refractivity contribution >= 4 is 10.0 Å². The van der Waals surface area contributed by atoms with E-state index in [9.17, 15) is 8.42 Å². The summed E-state index contributed by atoms with van der Waals surface area (Å²) < 4.78 is 25.5. The second-order valence-corrected chi connectivity index (χ2v) is 6.96. The van der Waals surface area contributed by atoms with Crippen molar-refractivity contribution in [2.75, 3.05) is 25.4 Å². The van der Waals surface area contributed by atoms with Crippen molar-refractivity contribution in [3.05, 3.63) is 12.2 Å². The van der Waals surface area contributed by atoms with Crippen LogP contribution in [0.3, 0.4) is 0 Å². The van der Waals surface area contributed by atoms with Crippen LogP contribution in [0.5, 0.6) is 0 Å². The van der Waals surface area contributed by atoms with Gasteiger partial charge in [-0.15, -0.1) is 0 Å². The molecule has 1 aliphatic carbocycles. The van der Waals surface area contributed by atoms with Gasteiger partial charge >= 0.3 is 0 Å². The highest BCUT2D eigenvalue weighted by Gasteiger charge is 2.22. The molecule has 0 aromatic rings. The van der Waals surface area contributed by atoms with Gasteiger partial charge in [-0.2, -0.15) is 4.31 Å². The van der Waals surface area contributed by atoms with Crippen LogP contribution in [0.4, 0.5) is 0 Å². The van der Waals surface area contributed by atoms with Crippen molar-refractivity contribution in [2.24, 2.45) is 0 Å². The molecule has 4 nitrogen and oxygen atoms in total. The molecule has 0 spiro atoms. The first kappa shape index (κ1) is 13.1. The molecule has 1 saturated carbocycles. The predicted molar refractivity (Wildman–Crippen MR) is 69.4 cm³/mol. The standard InChI is InChI=1S/C12H22N2O2S/c15-17(16,14-9-3-1-4-10-14)11-5-2-8-13-12-6-7-12/h1,3,12-13H,2,4-11H2. The zero-order valence-corrected chi connectivity index (χ0v) is 11.1. The number of nitrogens with one attached hydrogen (secondary N) is 1. The Balaban J connectivity index is 1.63. The molecule has 0 aromatic heterocycles.